The maximum Gasteiger partial charge on any atom is 0.0554 e. The average Bonchev–Trinajstić information content (AvgIpc) is 2.55. The van der Waals surface area contributed by atoms with Gasteiger partial charge in [-0.1, -0.05) is 51.8 Å². The molecule has 22 heavy (non-hydrogen) atoms. The van der Waals surface area contributed by atoms with Crippen LogP contribution in [0.5, 0.6) is 0 Å². The van der Waals surface area contributed by atoms with Gasteiger partial charge in [-0.15, -0.1) is 0 Å². The highest BCUT2D eigenvalue weighted by molar-refractivity contribution is 9.10. The lowest BCUT2D eigenvalue weighted by atomic mass is 10.2. The molecule has 0 N–H and O–H groups in total. The average molecular weight is 358 g/mol. The summed E-state index contributed by atoms with van der Waals surface area (Å²) < 4.78 is 1.08. The lowest BCUT2D eigenvalue weighted by Crippen LogP contribution is -2.44. The third-order valence-corrected chi connectivity index (χ3v) is 4.64. The summed E-state index contributed by atoms with van der Waals surface area (Å²) in [5, 5.41) is 6.75. The molecule has 0 spiro atoms. The smallest absolute Gasteiger partial charge is 0.0554 e. The highest BCUT2D eigenvalue weighted by atomic mass is 79.9. The second-order valence-corrected chi connectivity index (χ2v) is 6.40. The number of nitrogens with zero attached hydrogens (tertiary/aromatic N) is 3. The first-order chi connectivity index (χ1) is 10.7. The summed E-state index contributed by atoms with van der Waals surface area (Å²) >= 11 is 3.55. The molecule has 2 aromatic rings. The zero-order valence-corrected chi connectivity index (χ0v) is 14.3. The number of aryl methyl sites for hydroxylation is 1. The number of halogens is 1. The van der Waals surface area contributed by atoms with Crippen LogP contribution in [0.15, 0.2) is 58.1 Å². The largest absolute Gasteiger partial charge is 0.368 e. The highest BCUT2D eigenvalue weighted by Crippen LogP contribution is 2.18. The Morgan fingerprint density at radius 1 is 0.955 bits per heavy atom. The van der Waals surface area contributed by atoms with Gasteiger partial charge in [0.1, 0.15) is 0 Å². The zero-order chi connectivity index (χ0) is 15.4. The topological polar surface area (TPSA) is 18.8 Å². The van der Waals surface area contributed by atoms with E-state index in [1.54, 1.807) is 0 Å². The van der Waals surface area contributed by atoms with E-state index in [2.05, 4.69) is 68.2 Å². The van der Waals surface area contributed by atoms with E-state index < -0.39 is 0 Å². The van der Waals surface area contributed by atoms with Crippen molar-refractivity contribution in [2.45, 2.75) is 6.92 Å². The van der Waals surface area contributed by atoms with Crippen molar-refractivity contribution >= 4 is 27.8 Å². The van der Waals surface area contributed by atoms with Crippen molar-refractivity contribution in [3.63, 3.8) is 0 Å². The Hall–Kier alpha value is -1.81. The monoisotopic (exact) mass is 357 g/mol. The number of hydrazone groups is 1. The third kappa shape index (κ3) is 3.69. The molecule has 3 rings (SSSR count). The predicted molar refractivity (Wildman–Crippen MR) is 96.7 cm³/mol. The van der Waals surface area contributed by atoms with Crippen LogP contribution in [0, 0.1) is 6.92 Å². The van der Waals surface area contributed by atoms with Crippen LogP contribution in [0.3, 0.4) is 0 Å². The molecule has 0 amide bonds. The van der Waals surface area contributed by atoms with Gasteiger partial charge in [-0.3, -0.25) is 5.01 Å². The zero-order valence-electron chi connectivity index (χ0n) is 12.7. The Balaban J connectivity index is 1.58. The number of hydrogen-bond donors (Lipinski definition) is 0. The summed E-state index contributed by atoms with van der Waals surface area (Å²) in [6.45, 7) is 6.05. The number of rotatable bonds is 3. The van der Waals surface area contributed by atoms with E-state index in [0.29, 0.717) is 0 Å². The van der Waals surface area contributed by atoms with Crippen LogP contribution in [-0.2, 0) is 0 Å². The summed E-state index contributed by atoms with van der Waals surface area (Å²) in [7, 11) is 0. The van der Waals surface area contributed by atoms with E-state index in [4.69, 9.17) is 0 Å². The standard InChI is InChI=1S/C18H20BrN3/c1-15-6-8-17(9-7-15)21-10-12-22(13-11-21)20-14-16-4-2-3-5-18(16)19/h2-9,14H,10-13H2,1H3/b20-14-. The van der Waals surface area contributed by atoms with Crippen LogP contribution < -0.4 is 4.90 Å². The lowest BCUT2D eigenvalue weighted by Gasteiger charge is -2.34. The van der Waals surface area contributed by atoms with E-state index in [9.17, 15) is 0 Å². The quantitative estimate of drug-likeness (QED) is 0.775. The van der Waals surface area contributed by atoms with Gasteiger partial charge in [0.05, 0.1) is 19.3 Å². The first-order valence-electron chi connectivity index (χ1n) is 7.57. The van der Waals surface area contributed by atoms with Gasteiger partial charge in [-0.2, -0.15) is 5.10 Å². The van der Waals surface area contributed by atoms with Crippen molar-refractivity contribution in [2.24, 2.45) is 5.10 Å². The lowest BCUT2D eigenvalue weighted by molar-refractivity contribution is 0.272. The third-order valence-electron chi connectivity index (χ3n) is 3.92. The van der Waals surface area contributed by atoms with Crippen molar-refractivity contribution in [2.75, 3.05) is 31.1 Å². The molecule has 0 atom stereocenters. The maximum absolute atomic E-state index is 4.61. The second kappa shape index (κ2) is 6.97. The van der Waals surface area contributed by atoms with Crippen LogP contribution in [0.25, 0.3) is 0 Å². The van der Waals surface area contributed by atoms with Crippen LogP contribution in [0.4, 0.5) is 5.69 Å². The number of hydrogen-bond acceptors (Lipinski definition) is 3. The minimum atomic E-state index is 0.953. The van der Waals surface area contributed by atoms with Gasteiger partial charge in [0, 0.05) is 28.8 Å². The first kappa shape index (κ1) is 15.1. The van der Waals surface area contributed by atoms with E-state index in [0.717, 1.165) is 36.2 Å². The molecule has 1 aliphatic rings. The summed E-state index contributed by atoms with van der Waals surface area (Å²) in [5.74, 6) is 0. The molecule has 0 aliphatic carbocycles. The highest BCUT2D eigenvalue weighted by Gasteiger charge is 2.15. The summed E-state index contributed by atoms with van der Waals surface area (Å²) in [6, 6.07) is 16.9. The molecule has 0 aromatic heterocycles. The van der Waals surface area contributed by atoms with Crippen molar-refractivity contribution in [1.82, 2.24) is 5.01 Å². The van der Waals surface area contributed by atoms with E-state index >= 15 is 0 Å². The molecule has 1 saturated heterocycles. The normalized spacial score (nSPS) is 15.5. The Morgan fingerprint density at radius 2 is 1.64 bits per heavy atom. The van der Waals surface area contributed by atoms with Gasteiger partial charge in [0.15, 0.2) is 0 Å². The van der Waals surface area contributed by atoms with Gasteiger partial charge >= 0.3 is 0 Å². The maximum atomic E-state index is 4.61. The van der Waals surface area contributed by atoms with Crippen LogP contribution in [0.2, 0.25) is 0 Å². The number of anilines is 1. The fourth-order valence-electron chi connectivity index (χ4n) is 2.55. The molecule has 0 bridgehead atoms. The Morgan fingerprint density at radius 3 is 2.32 bits per heavy atom. The van der Waals surface area contributed by atoms with Crippen molar-refractivity contribution in [1.29, 1.82) is 0 Å². The molecule has 1 heterocycles. The minimum Gasteiger partial charge on any atom is -0.368 e. The van der Waals surface area contributed by atoms with Crippen molar-refractivity contribution < 1.29 is 0 Å². The fraction of sp³-hybridized carbons (Fsp3) is 0.278. The van der Waals surface area contributed by atoms with Crippen LogP contribution in [-0.4, -0.2) is 37.4 Å². The molecule has 0 radical (unpaired) electrons. The Bertz CT molecular complexity index is 644. The van der Waals surface area contributed by atoms with Crippen molar-refractivity contribution in [3.05, 3.63) is 64.1 Å². The van der Waals surface area contributed by atoms with E-state index in [-0.39, 0.29) is 0 Å². The van der Waals surface area contributed by atoms with Gasteiger partial charge in [0.25, 0.3) is 0 Å². The summed E-state index contributed by atoms with van der Waals surface area (Å²) in [6.07, 6.45) is 1.94. The van der Waals surface area contributed by atoms with Crippen LogP contribution in [0.1, 0.15) is 11.1 Å². The molecule has 1 aliphatic heterocycles. The van der Waals surface area contributed by atoms with Gasteiger partial charge in [0.2, 0.25) is 0 Å². The van der Waals surface area contributed by atoms with Crippen molar-refractivity contribution in [3.8, 4) is 0 Å². The molecule has 2 aromatic carbocycles. The SMILES string of the molecule is Cc1ccc(N2CCN(/N=C\c3ccccc3Br)CC2)cc1. The molecular weight excluding hydrogens is 338 g/mol. The summed E-state index contributed by atoms with van der Waals surface area (Å²) in [5.41, 5.74) is 3.73. The molecule has 114 valence electrons. The van der Waals surface area contributed by atoms with Gasteiger partial charge in [-0.25, -0.2) is 0 Å². The molecular formula is C18H20BrN3. The molecule has 4 heteroatoms. The second-order valence-electron chi connectivity index (χ2n) is 5.54. The van der Waals surface area contributed by atoms with E-state index in [1.807, 2.05) is 24.4 Å². The van der Waals surface area contributed by atoms with Crippen LogP contribution >= 0.6 is 15.9 Å². The first-order valence-corrected chi connectivity index (χ1v) is 8.37. The molecule has 3 nitrogen and oxygen atoms in total. The fourth-order valence-corrected chi connectivity index (χ4v) is 2.94. The molecule has 0 saturated carbocycles. The number of benzene rings is 2. The Labute approximate surface area is 140 Å². The predicted octanol–water partition coefficient (Wildman–Crippen LogP) is 3.91. The number of piperazine rings is 1. The molecule has 0 unspecified atom stereocenters. The van der Waals surface area contributed by atoms with Gasteiger partial charge in [-0.05, 0) is 25.1 Å². The summed E-state index contributed by atoms with van der Waals surface area (Å²) in [4.78, 5) is 2.42. The van der Waals surface area contributed by atoms with E-state index in [1.165, 1.54) is 11.3 Å². The minimum absolute atomic E-state index is 0.953. The molecule has 1 fully saturated rings. The Kier molecular flexibility index (Phi) is 4.78. The van der Waals surface area contributed by atoms with Gasteiger partial charge < -0.3 is 4.90 Å².